The van der Waals surface area contributed by atoms with E-state index in [2.05, 4.69) is 76.4 Å². The number of nitrogens with one attached hydrogen (secondary N) is 1. The minimum Gasteiger partial charge on any atom is -0.457 e. The third-order valence-corrected chi connectivity index (χ3v) is 8.30. The Balaban J connectivity index is 1.52. The molecular formula is C32H41NO3Si. The summed E-state index contributed by atoms with van der Waals surface area (Å²) in [6.45, 7) is 14.2. The molecular weight excluding hydrogens is 474 g/mol. The topological polar surface area (TPSA) is 47.6 Å². The number of para-hydroxylation sites is 3. The number of rotatable bonds is 9. The summed E-state index contributed by atoms with van der Waals surface area (Å²) in [7, 11) is -1.07. The van der Waals surface area contributed by atoms with Gasteiger partial charge in [0.1, 0.15) is 11.5 Å². The van der Waals surface area contributed by atoms with E-state index < -0.39 is 9.04 Å². The van der Waals surface area contributed by atoms with Crippen molar-refractivity contribution in [3.8, 4) is 11.5 Å². The fourth-order valence-corrected chi connectivity index (χ4v) is 5.74. The molecule has 3 aromatic rings. The lowest BCUT2D eigenvalue weighted by atomic mass is 9.78. The Morgan fingerprint density at radius 1 is 0.973 bits per heavy atom. The van der Waals surface area contributed by atoms with Gasteiger partial charge in [0.15, 0.2) is 9.04 Å². The van der Waals surface area contributed by atoms with Gasteiger partial charge in [-0.2, -0.15) is 0 Å². The van der Waals surface area contributed by atoms with Gasteiger partial charge in [0.05, 0.1) is 0 Å². The second kappa shape index (κ2) is 11.7. The van der Waals surface area contributed by atoms with Gasteiger partial charge >= 0.3 is 0 Å². The summed E-state index contributed by atoms with van der Waals surface area (Å²) in [4.78, 5) is 13.5. The van der Waals surface area contributed by atoms with E-state index in [1.807, 2.05) is 36.4 Å². The van der Waals surface area contributed by atoms with Gasteiger partial charge in [-0.05, 0) is 67.5 Å². The molecule has 0 fully saturated rings. The van der Waals surface area contributed by atoms with Gasteiger partial charge < -0.3 is 14.5 Å². The molecule has 196 valence electrons. The van der Waals surface area contributed by atoms with Gasteiger partial charge in [-0.1, -0.05) is 75.4 Å². The van der Waals surface area contributed by atoms with Crippen molar-refractivity contribution >= 4 is 20.6 Å². The maximum absolute atomic E-state index is 13.5. The zero-order valence-corrected chi connectivity index (χ0v) is 24.3. The Labute approximate surface area is 224 Å². The first-order valence-corrected chi connectivity index (χ1v) is 16.3. The first-order valence-electron chi connectivity index (χ1n) is 13.5. The largest absolute Gasteiger partial charge is 0.457 e. The SMILES string of the molecule is Cc1cccc(CCC(CO[SiH](C)C)C(C)(C)C)c1NC(=O)CC1c2ccccc2Oc2ccccc21. The molecule has 5 heteroatoms. The monoisotopic (exact) mass is 515 g/mol. The van der Waals surface area contributed by atoms with E-state index in [9.17, 15) is 4.79 Å². The van der Waals surface area contributed by atoms with Crippen LogP contribution in [0.4, 0.5) is 5.69 Å². The number of anilines is 1. The first kappa shape index (κ1) is 27.1. The second-order valence-corrected chi connectivity index (χ2v) is 14.0. The molecule has 0 spiro atoms. The van der Waals surface area contributed by atoms with E-state index in [1.54, 1.807) is 0 Å². The summed E-state index contributed by atoms with van der Waals surface area (Å²) in [5.74, 6) is 2.09. The van der Waals surface area contributed by atoms with Crippen LogP contribution in [0, 0.1) is 18.3 Å². The molecule has 1 heterocycles. The highest BCUT2D eigenvalue weighted by molar-refractivity contribution is 6.48. The summed E-state index contributed by atoms with van der Waals surface area (Å²) in [5.41, 5.74) is 5.52. The fourth-order valence-electron chi connectivity index (χ4n) is 5.12. The average molecular weight is 516 g/mol. The van der Waals surface area contributed by atoms with Gasteiger partial charge in [-0.3, -0.25) is 4.79 Å². The molecule has 0 radical (unpaired) electrons. The zero-order chi connectivity index (χ0) is 26.6. The number of amides is 1. The lowest BCUT2D eigenvalue weighted by Gasteiger charge is -2.32. The number of fused-ring (bicyclic) bond motifs is 2. The molecule has 0 bridgehead atoms. The molecule has 3 aromatic carbocycles. The van der Waals surface area contributed by atoms with Crippen molar-refractivity contribution in [2.75, 3.05) is 11.9 Å². The van der Waals surface area contributed by atoms with Crippen LogP contribution >= 0.6 is 0 Å². The van der Waals surface area contributed by atoms with Gasteiger partial charge in [-0.25, -0.2) is 0 Å². The summed E-state index contributed by atoms with van der Waals surface area (Å²) in [5, 5.41) is 3.30. The fraction of sp³-hybridized carbons (Fsp3) is 0.406. The third-order valence-electron chi connectivity index (χ3n) is 7.44. The van der Waals surface area contributed by atoms with Gasteiger partial charge in [0, 0.05) is 35.8 Å². The number of hydrogen-bond acceptors (Lipinski definition) is 3. The molecule has 4 nitrogen and oxygen atoms in total. The molecule has 0 saturated heterocycles. The highest BCUT2D eigenvalue weighted by Gasteiger charge is 2.29. The summed E-state index contributed by atoms with van der Waals surface area (Å²) in [6.07, 6.45) is 2.30. The molecule has 1 aliphatic rings. The van der Waals surface area contributed by atoms with E-state index in [0.29, 0.717) is 12.3 Å². The lowest BCUT2D eigenvalue weighted by Crippen LogP contribution is -2.28. The van der Waals surface area contributed by atoms with Gasteiger partial charge in [0.25, 0.3) is 0 Å². The number of carbonyl (C=O) groups is 1. The van der Waals surface area contributed by atoms with E-state index >= 15 is 0 Å². The second-order valence-electron chi connectivity index (χ2n) is 11.6. The smallest absolute Gasteiger partial charge is 0.225 e. The quantitative estimate of drug-likeness (QED) is 0.295. The van der Waals surface area contributed by atoms with Crippen LogP contribution in [0.3, 0.4) is 0 Å². The van der Waals surface area contributed by atoms with Crippen molar-refractivity contribution in [3.63, 3.8) is 0 Å². The molecule has 0 aliphatic carbocycles. The van der Waals surface area contributed by atoms with Crippen LogP contribution in [0.1, 0.15) is 61.8 Å². The van der Waals surface area contributed by atoms with E-state index in [0.717, 1.165) is 53.3 Å². The maximum Gasteiger partial charge on any atom is 0.225 e. The normalized spacial score (nSPS) is 14.0. The Bertz CT molecular complexity index is 1190. The molecule has 37 heavy (non-hydrogen) atoms. The summed E-state index contributed by atoms with van der Waals surface area (Å²) < 4.78 is 12.3. The zero-order valence-electron chi connectivity index (χ0n) is 23.1. The van der Waals surface area contributed by atoms with Crippen molar-refractivity contribution in [2.24, 2.45) is 11.3 Å². The molecule has 1 aliphatic heterocycles. The summed E-state index contributed by atoms with van der Waals surface area (Å²) >= 11 is 0. The van der Waals surface area contributed by atoms with Crippen LogP contribution in [0.5, 0.6) is 11.5 Å². The van der Waals surface area contributed by atoms with E-state index in [-0.39, 0.29) is 17.2 Å². The predicted octanol–water partition coefficient (Wildman–Crippen LogP) is 7.86. The molecule has 0 aromatic heterocycles. The van der Waals surface area contributed by atoms with E-state index in [4.69, 9.17) is 9.16 Å². The minimum absolute atomic E-state index is 0.0218. The van der Waals surface area contributed by atoms with Crippen LogP contribution in [0.15, 0.2) is 66.7 Å². The molecule has 4 rings (SSSR count). The Morgan fingerprint density at radius 2 is 1.59 bits per heavy atom. The third kappa shape index (κ3) is 6.71. The van der Waals surface area contributed by atoms with Crippen LogP contribution in [0.2, 0.25) is 13.1 Å². The van der Waals surface area contributed by atoms with Gasteiger partial charge in [-0.15, -0.1) is 0 Å². The Morgan fingerprint density at radius 3 is 2.19 bits per heavy atom. The Hall–Kier alpha value is -2.89. The molecule has 1 unspecified atom stereocenters. The highest BCUT2D eigenvalue weighted by atomic mass is 28.3. The predicted molar refractivity (Wildman–Crippen MR) is 155 cm³/mol. The minimum atomic E-state index is -1.07. The standard InChI is InChI=1S/C32H41NO3Si/c1-22-12-11-13-23(18-19-24(32(2,3)4)21-35-37(5)6)31(22)33-30(34)20-27-25-14-7-9-16-28(25)36-29-17-10-8-15-26(27)29/h7-17,24,27,37H,18-21H2,1-6H3,(H,33,34). The number of hydrogen-bond donors (Lipinski definition) is 1. The van der Waals surface area contributed by atoms with Crippen molar-refractivity contribution in [2.45, 2.75) is 66.0 Å². The first-order chi connectivity index (χ1) is 17.6. The average Bonchev–Trinajstić information content (AvgIpc) is 2.84. The van der Waals surface area contributed by atoms with Crippen LogP contribution < -0.4 is 10.1 Å². The molecule has 0 saturated carbocycles. The number of aryl methyl sites for hydroxylation is 2. The Kier molecular flexibility index (Phi) is 8.55. The molecule has 1 N–H and O–H groups in total. The number of ether oxygens (including phenoxy) is 1. The molecule has 1 amide bonds. The number of carbonyl (C=O) groups excluding carboxylic acids is 1. The number of benzene rings is 3. The van der Waals surface area contributed by atoms with Crippen molar-refractivity contribution in [3.05, 3.63) is 89.0 Å². The van der Waals surface area contributed by atoms with Crippen LogP contribution in [-0.2, 0) is 15.6 Å². The van der Waals surface area contributed by atoms with Crippen molar-refractivity contribution < 1.29 is 14.0 Å². The van der Waals surface area contributed by atoms with E-state index in [1.165, 1.54) is 5.56 Å². The van der Waals surface area contributed by atoms with Crippen molar-refractivity contribution in [1.29, 1.82) is 0 Å². The lowest BCUT2D eigenvalue weighted by molar-refractivity contribution is -0.116. The van der Waals surface area contributed by atoms with Gasteiger partial charge in [0.2, 0.25) is 5.91 Å². The summed E-state index contributed by atoms with van der Waals surface area (Å²) in [6, 6.07) is 22.4. The van der Waals surface area contributed by atoms with Crippen LogP contribution in [-0.4, -0.2) is 21.6 Å². The highest BCUT2D eigenvalue weighted by Crippen LogP contribution is 2.45. The molecule has 1 atom stereocenters. The maximum atomic E-state index is 13.5. The van der Waals surface area contributed by atoms with Crippen LogP contribution in [0.25, 0.3) is 0 Å². The van der Waals surface area contributed by atoms with Crippen molar-refractivity contribution in [1.82, 2.24) is 0 Å².